The zero-order valence-electron chi connectivity index (χ0n) is 33.1. The number of fused-ring (bicyclic) bond motifs is 1. The molecule has 0 N–H and O–H groups in total. The molecule has 0 aliphatic carbocycles. The summed E-state index contributed by atoms with van der Waals surface area (Å²) in [6.07, 6.45) is -9.02. The first-order valence-corrected chi connectivity index (χ1v) is 20.1. The van der Waals surface area contributed by atoms with Gasteiger partial charge >= 0.3 is 5.97 Å². The summed E-state index contributed by atoms with van der Waals surface area (Å²) in [5.41, 5.74) is 4.12. The molecule has 0 aromatic heterocycles. The third-order valence-corrected chi connectivity index (χ3v) is 10.7. The van der Waals surface area contributed by atoms with Gasteiger partial charge in [0.2, 0.25) is 0 Å². The highest BCUT2D eigenvalue weighted by Crippen LogP contribution is 2.39. The minimum absolute atomic E-state index is 0.159. The maximum atomic E-state index is 13.9. The lowest BCUT2D eigenvalue weighted by Crippen LogP contribution is -2.67. The number of carbonyl (C=O) groups excluding carboxylic acids is 1. The normalized spacial score (nSPS) is 29.3. The quantitative estimate of drug-likeness (QED) is 0.0978. The van der Waals surface area contributed by atoms with E-state index in [9.17, 15) is 4.79 Å². The Morgan fingerprint density at radius 3 is 1.63 bits per heavy atom. The van der Waals surface area contributed by atoms with E-state index in [0.717, 1.165) is 22.3 Å². The van der Waals surface area contributed by atoms with Crippen molar-refractivity contribution >= 4 is 5.97 Å². The van der Waals surface area contributed by atoms with Crippen LogP contribution < -0.4 is 0 Å². The molecule has 59 heavy (non-hydrogen) atoms. The highest BCUT2D eigenvalue weighted by Gasteiger charge is 2.56. The number of ether oxygens (including phenoxy) is 10. The Hall–Kier alpha value is -4.79. The fraction of sp³-hybridized carbons (Fsp3) is 0.354. The second kappa shape index (κ2) is 20.0. The predicted octanol–water partition coefficient (Wildman–Crippen LogP) is 7.58. The van der Waals surface area contributed by atoms with Crippen LogP contribution in [-0.4, -0.2) is 81.1 Å². The van der Waals surface area contributed by atoms with E-state index >= 15 is 0 Å². The lowest BCUT2D eigenvalue weighted by atomic mass is 9.95. The summed E-state index contributed by atoms with van der Waals surface area (Å²) in [4.78, 5) is 13.9. The molecule has 3 aliphatic heterocycles. The van der Waals surface area contributed by atoms with Crippen molar-refractivity contribution in [3.8, 4) is 0 Å². The number of hydrogen-bond donors (Lipinski definition) is 0. The van der Waals surface area contributed by atoms with Crippen LogP contribution in [-0.2, 0) is 67.2 Å². The topological polar surface area (TPSA) is 109 Å². The standard InChI is InChI=1S/C48H50O11/c1-32-39(51-28-33-18-8-3-9-19-33)41(52-29-34-20-10-4-11-21-34)43(53-30-35-22-12-5-13-23-35)48(55-32)59-44-42(57-45(49)36-24-14-6-15-25-36)40-38(56-47(44)50-2)31-54-46(58-40)37-26-16-7-17-27-37/h3-27,32,38-44,46-48H,28-31H2,1-2H3/t32?,38?,39-,40+,41?,42?,43?,44?,46?,47-,48-/m0/s1. The Balaban J connectivity index is 1.13. The Morgan fingerprint density at radius 1 is 0.559 bits per heavy atom. The fourth-order valence-electron chi connectivity index (χ4n) is 7.69. The summed E-state index contributed by atoms with van der Waals surface area (Å²) in [5.74, 6) is -0.556. The number of carbonyl (C=O) groups is 1. The van der Waals surface area contributed by atoms with Crippen LogP contribution >= 0.6 is 0 Å². The van der Waals surface area contributed by atoms with Crippen molar-refractivity contribution in [2.45, 2.75) is 94.4 Å². The molecular formula is C48H50O11. The Kier molecular flexibility index (Phi) is 13.9. The van der Waals surface area contributed by atoms with Gasteiger partial charge in [0.15, 0.2) is 31.1 Å². The van der Waals surface area contributed by atoms with Gasteiger partial charge in [-0.1, -0.05) is 140 Å². The molecule has 0 bridgehead atoms. The first-order valence-electron chi connectivity index (χ1n) is 20.1. The molecule has 3 heterocycles. The average Bonchev–Trinajstić information content (AvgIpc) is 3.29. The summed E-state index contributed by atoms with van der Waals surface area (Å²) < 4.78 is 65.6. The zero-order valence-corrected chi connectivity index (χ0v) is 33.1. The molecule has 3 aliphatic rings. The molecule has 0 saturated carbocycles. The SMILES string of the molecule is CO[C@H]1OC2COC(c3ccccc3)O[C@H]2C(OC(=O)c2ccccc2)C1O[C@@H]1OC(C)[C@H](OCc2ccccc2)C(OCc2ccccc2)C1OCc1ccccc1. The van der Waals surface area contributed by atoms with Gasteiger partial charge < -0.3 is 47.4 Å². The molecule has 0 radical (unpaired) electrons. The van der Waals surface area contributed by atoms with Crippen molar-refractivity contribution in [3.05, 3.63) is 179 Å². The third kappa shape index (κ3) is 10.2. The van der Waals surface area contributed by atoms with Crippen LogP contribution in [0.3, 0.4) is 0 Å². The second-order valence-electron chi connectivity index (χ2n) is 14.8. The van der Waals surface area contributed by atoms with E-state index in [0.29, 0.717) is 12.2 Å². The van der Waals surface area contributed by atoms with Gasteiger partial charge in [0.05, 0.1) is 38.1 Å². The number of esters is 1. The lowest BCUT2D eigenvalue weighted by molar-refractivity contribution is -0.393. The van der Waals surface area contributed by atoms with E-state index in [4.69, 9.17) is 47.4 Å². The minimum atomic E-state index is -1.07. The van der Waals surface area contributed by atoms with Crippen LogP contribution in [0.25, 0.3) is 0 Å². The van der Waals surface area contributed by atoms with Crippen LogP contribution in [0.4, 0.5) is 0 Å². The maximum Gasteiger partial charge on any atom is 0.338 e. The van der Waals surface area contributed by atoms with Crippen LogP contribution in [0.15, 0.2) is 152 Å². The van der Waals surface area contributed by atoms with E-state index in [1.807, 2.05) is 134 Å². The molecule has 5 aromatic carbocycles. The molecule has 11 heteroatoms. The number of methoxy groups -OCH3 is 1. The van der Waals surface area contributed by atoms with Gasteiger partial charge in [-0.25, -0.2) is 4.79 Å². The molecule has 8 rings (SSSR count). The first kappa shape index (κ1) is 41.0. The highest BCUT2D eigenvalue weighted by molar-refractivity contribution is 5.89. The summed E-state index contributed by atoms with van der Waals surface area (Å²) in [7, 11) is 1.52. The summed E-state index contributed by atoms with van der Waals surface area (Å²) in [6, 6.07) is 48.2. The van der Waals surface area contributed by atoms with E-state index < -0.39 is 73.7 Å². The van der Waals surface area contributed by atoms with Crippen LogP contribution in [0.5, 0.6) is 0 Å². The van der Waals surface area contributed by atoms with Crippen molar-refractivity contribution < 1.29 is 52.2 Å². The van der Waals surface area contributed by atoms with Crippen molar-refractivity contribution in [1.29, 1.82) is 0 Å². The van der Waals surface area contributed by atoms with Crippen molar-refractivity contribution in [1.82, 2.24) is 0 Å². The Labute approximate surface area is 345 Å². The predicted molar refractivity (Wildman–Crippen MR) is 216 cm³/mol. The molecule has 3 fully saturated rings. The molecule has 0 spiro atoms. The van der Waals surface area contributed by atoms with Crippen molar-refractivity contribution in [2.75, 3.05) is 13.7 Å². The zero-order chi connectivity index (χ0) is 40.4. The van der Waals surface area contributed by atoms with Crippen LogP contribution in [0.1, 0.15) is 45.8 Å². The van der Waals surface area contributed by atoms with Crippen molar-refractivity contribution in [3.63, 3.8) is 0 Å². The van der Waals surface area contributed by atoms with Gasteiger partial charge in [0.25, 0.3) is 0 Å². The van der Waals surface area contributed by atoms with Gasteiger partial charge in [-0.15, -0.1) is 0 Å². The maximum absolute atomic E-state index is 13.9. The Morgan fingerprint density at radius 2 is 1.07 bits per heavy atom. The van der Waals surface area contributed by atoms with Gasteiger partial charge in [-0.2, -0.15) is 0 Å². The van der Waals surface area contributed by atoms with Crippen molar-refractivity contribution in [2.24, 2.45) is 0 Å². The van der Waals surface area contributed by atoms with Crippen LogP contribution in [0.2, 0.25) is 0 Å². The summed E-state index contributed by atoms with van der Waals surface area (Å²) >= 11 is 0. The lowest BCUT2D eigenvalue weighted by Gasteiger charge is -2.50. The fourth-order valence-corrected chi connectivity index (χ4v) is 7.69. The molecule has 11 atom stereocenters. The molecule has 0 amide bonds. The molecular weight excluding hydrogens is 753 g/mol. The van der Waals surface area contributed by atoms with Gasteiger partial charge in [0, 0.05) is 12.7 Å². The largest absolute Gasteiger partial charge is 0.453 e. The molecule has 308 valence electrons. The summed E-state index contributed by atoms with van der Waals surface area (Å²) in [6.45, 7) is 2.92. The van der Waals surface area contributed by atoms with Gasteiger partial charge in [0.1, 0.15) is 30.5 Å². The highest BCUT2D eigenvalue weighted by atomic mass is 16.8. The Bertz CT molecular complexity index is 2010. The average molecular weight is 803 g/mol. The van der Waals surface area contributed by atoms with E-state index in [2.05, 4.69) is 0 Å². The monoisotopic (exact) mass is 802 g/mol. The smallest absolute Gasteiger partial charge is 0.338 e. The minimum Gasteiger partial charge on any atom is -0.453 e. The van der Waals surface area contributed by atoms with E-state index in [-0.39, 0.29) is 19.8 Å². The molecule has 3 saturated heterocycles. The summed E-state index contributed by atoms with van der Waals surface area (Å²) in [5, 5.41) is 0. The van der Waals surface area contributed by atoms with Gasteiger partial charge in [-0.3, -0.25) is 0 Å². The first-order chi connectivity index (χ1) is 29.0. The second-order valence-corrected chi connectivity index (χ2v) is 14.8. The molecule has 11 nitrogen and oxygen atoms in total. The van der Waals surface area contributed by atoms with E-state index in [1.54, 1.807) is 24.3 Å². The number of rotatable bonds is 15. The third-order valence-electron chi connectivity index (χ3n) is 10.7. The number of hydrogen-bond acceptors (Lipinski definition) is 11. The molecule has 5 aromatic rings. The van der Waals surface area contributed by atoms with E-state index in [1.165, 1.54) is 7.11 Å². The number of benzene rings is 5. The van der Waals surface area contributed by atoms with Gasteiger partial charge in [-0.05, 0) is 35.7 Å². The van der Waals surface area contributed by atoms with Crippen LogP contribution in [0, 0.1) is 0 Å². The molecule has 7 unspecified atom stereocenters.